The second kappa shape index (κ2) is 4.17. The summed E-state index contributed by atoms with van der Waals surface area (Å²) < 4.78 is 1.69. The van der Waals surface area contributed by atoms with Gasteiger partial charge in [0, 0.05) is 10.2 Å². The number of aromatic nitrogens is 4. The highest BCUT2D eigenvalue weighted by molar-refractivity contribution is 9.09. The summed E-state index contributed by atoms with van der Waals surface area (Å²) in [5.41, 5.74) is 3.88. The van der Waals surface area contributed by atoms with Crippen LogP contribution in [0.25, 0.3) is 16.6 Å². The second-order valence-electron chi connectivity index (χ2n) is 4.27. The Hall–Kier alpha value is -1.20. The summed E-state index contributed by atoms with van der Waals surface area (Å²) in [5, 5.41) is 9.36. The minimum Gasteiger partial charge on any atom is -0.255 e. The molecule has 0 saturated carbocycles. The summed E-state index contributed by atoms with van der Waals surface area (Å²) >= 11 is 9.74. The number of halogens is 2. The van der Waals surface area contributed by atoms with Crippen LogP contribution >= 0.6 is 27.5 Å². The molecule has 1 unspecified atom stereocenters. The molecule has 0 aliphatic heterocycles. The zero-order chi connectivity index (χ0) is 12.9. The maximum atomic E-state index is 6.15. The van der Waals surface area contributed by atoms with Crippen LogP contribution in [0.15, 0.2) is 18.5 Å². The number of benzene rings is 1. The molecule has 0 fully saturated rings. The zero-order valence-electron chi connectivity index (χ0n) is 9.85. The van der Waals surface area contributed by atoms with Crippen molar-refractivity contribution in [1.29, 1.82) is 0 Å². The summed E-state index contributed by atoms with van der Waals surface area (Å²) in [4.78, 5) is 4.66. The summed E-state index contributed by atoms with van der Waals surface area (Å²) in [5.74, 6) is 0. The van der Waals surface area contributed by atoms with E-state index in [0.717, 1.165) is 27.7 Å². The number of alkyl halides is 1. The van der Waals surface area contributed by atoms with E-state index < -0.39 is 0 Å². The van der Waals surface area contributed by atoms with Gasteiger partial charge in [0.05, 0.1) is 5.52 Å². The first-order chi connectivity index (χ1) is 8.58. The van der Waals surface area contributed by atoms with Crippen LogP contribution in [-0.4, -0.2) is 19.6 Å². The van der Waals surface area contributed by atoms with E-state index in [1.54, 1.807) is 10.7 Å². The van der Waals surface area contributed by atoms with Gasteiger partial charge in [0.15, 0.2) is 5.65 Å². The lowest BCUT2D eigenvalue weighted by molar-refractivity contribution is 1.07. The lowest BCUT2D eigenvalue weighted by Crippen LogP contribution is -1.97. The Bertz CT molecular complexity index is 750. The molecule has 0 aliphatic rings. The van der Waals surface area contributed by atoms with Crippen LogP contribution in [0.4, 0.5) is 0 Å². The first-order valence-electron chi connectivity index (χ1n) is 5.51. The van der Waals surface area contributed by atoms with E-state index in [9.17, 15) is 0 Å². The van der Waals surface area contributed by atoms with Gasteiger partial charge < -0.3 is 0 Å². The van der Waals surface area contributed by atoms with E-state index in [1.807, 2.05) is 0 Å². The normalized spacial score (nSPS) is 13.3. The van der Waals surface area contributed by atoms with Gasteiger partial charge in [0.25, 0.3) is 0 Å². The molecule has 1 atom stereocenters. The predicted octanol–water partition coefficient (Wildman–Crippen LogP) is 3.70. The number of hydrogen-bond donors (Lipinski definition) is 0. The van der Waals surface area contributed by atoms with E-state index in [0.29, 0.717) is 5.28 Å². The highest BCUT2D eigenvalue weighted by Gasteiger charge is 2.14. The van der Waals surface area contributed by atoms with Crippen molar-refractivity contribution in [3.8, 4) is 0 Å². The van der Waals surface area contributed by atoms with Crippen LogP contribution in [0.3, 0.4) is 0 Å². The largest absolute Gasteiger partial charge is 0.255 e. The SMILES string of the molecule is Cc1cc(C(C)Br)c2nc(Cl)n3cnnc3c2c1. The van der Waals surface area contributed by atoms with E-state index in [-0.39, 0.29) is 4.83 Å². The van der Waals surface area contributed by atoms with Crippen LogP contribution in [0.1, 0.15) is 22.9 Å². The van der Waals surface area contributed by atoms with E-state index in [4.69, 9.17) is 11.6 Å². The fourth-order valence-corrected chi connectivity index (χ4v) is 2.66. The van der Waals surface area contributed by atoms with Gasteiger partial charge in [-0.3, -0.25) is 4.40 Å². The molecule has 6 heteroatoms. The molecule has 0 aliphatic carbocycles. The topological polar surface area (TPSA) is 43.1 Å². The molecular formula is C12H10BrClN4. The van der Waals surface area contributed by atoms with Crippen molar-refractivity contribution in [3.05, 3.63) is 34.9 Å². The molecule has 0 bridgehead atoms. The van der Waals surface area contributed by atoms with Crippen LogP contribution in [0, 0.1) is 6.92 Å². The molecule has 4 nitrogen and oxygen atoms in total. The Kier molecular flexibility index (Phi) is 2.75. The Morgan fingerprint density at radius 2 is 2.17 bits per heavy atom. The van der Waals surface area contributed by atoms with Crippen LogP contribution in [-0.2, 0) is 0 Å². The average molecular weight is 326 g/mol. The molecule has 1 aromatic carbocycles. The maximum Gasteiger partial charge on any atom is 0.210 e. The number of nitrogens with zero attached hydrogens (tertiary/aromatic N) is 4. The summed E-state index contributed by atoms with van der Waals surface area (Å²) in [6, 6.07) is 4.17. The van der Waals surface area contributed by atoms with Crippen molar-refractivity contribution in [2.24, 2.45) is 0 Å². The fourth-order valence-electron chi connectivity index (χ4n) is 2.11. The van der Waals surface area contributed by atoms with Crippen molar-refractivity contribution in [1.82, 2.24) is 19.6 Å². The van der Waals surface area contributed by atoms with Crippen molar-refractivity contribution in [2.45, 2.75) is 18.7 Å². The minimum atomic E-state index is 0.203. The molecular weight excluding hydrogens is 316 g/mol. The van der Waals surface area contributed by atoms with E-state index in [2.05, 4.69) is 57.1 Å². The lowest BCUT2D eigenvalue weighted by atomic mass is 10.0. The monoisotopic (exact) mass is 324 g/mol. The quantitative estimate of drug-likeness (QED) is 0.506. The first kappa shape index (κ1) is 11.9. The maximum absolute atomic E-state index is 6.15. The predicted molar refractivity (Wildman–Crippen MR) is 75.4 cm³/mol. The van der Waals surface area contributed by atoms with Gasteiger partial charge in [-0.25, -0.2) is 4.98 Å². The van der Waals surface area contributed by atoms with Crippen molar-refractivity contribution < 1.29 is 0 Å². The van der Waals surface area contributed by atoms with Gasteiger partial charge in [-0.15, -0.1) is 10.2 Å². The van der Waals surface area contributed by atoms with Crippen LogP contribution in [0.2, 0.25) is 5.28 Å². The molecule has 0 radical (unpaired) electrons. The van der Waals surface area contributed by atoms with Crippen LogP contribution < -0.4 is 0 Å². The number of hydrogen-bond acceptors (Lipinski definition) is 3. The van der Waals surface area contributed by atoms with E-state index in [1.165, 1.54) is 0 Å². The van der Waals surface area contributed by atoms with Crippen molar-refractivity contribution >= 4 is 44.1 Å². The molecule has 0 spiro atoms. The lowest BCUT2D eigenvalue weighted by Gasteiger charge is -2.10. The van der Waals surface area contributed by atoms with Crippen molar-refractivity contribution in [2.75, 3.05) is 0 Å². The molecule has 2 aromatic heterocycles. The third-order valence-electron chi connectivity index (χ3n) is 2.90. The number of rotatable bonds is 1. The highest BCUT2D eigenvalue weighted by atomic mass is 79.9. The standard InChI is InChI=1S/C12H10BrClN4/c1-6-3-8(7(2)13)10-9(4-6)11-17-15-5-18(11)12(14)16-10/h3-5,7H,1-2H3. The smallest absolute Gasteiger partial charge is 0.210 e. The molecule has 92 valence electrons. The summed E-state index contributed by atoms with van der Waals surface area (Å²) in [6.45, 7) is 4.12. The third kappa shape index (κ3) is 1.69. The van der Waals surface area contributed by atoms with Gasteiger partial charge in [-0.05, 0) is 42.6 Å². The molecule has 3 aromatic rings. The Morgan fingerprint density at radius 3 is 2.89 bits per heavy atom. The minimum absolute atomic E-state index is 0.203. The Morgan fingerprint density at radius 1 is 1.39 bits per heavy atom. The average Bonchev–Trinajstić information content (AvgIpc) is 2.79. The molecule has 0 saturated heterocycles. The Labute approximate surface area is 117 Å². The van der Waals surface area contributed by atoms with Crippen molar-refractivity contribution in [3.63, 3.8) is 0 Å². The Balaban J connectivity index is 2.55. The molecule has 0 amide bonds. The summed E-state index contributed by atoms with van der Waals surface area (Å²) in [7, 11) is 0. The van der Waals surface area contributed by atoms with Gasteiger partial charge in [0.2, 0.25) is 5.28 Å². The van der Waals surface area contributed by atoms with Gasteiger partial charge >= 0.3 is 0 Å². The number of fused-ring (bicyclic) bond motifs is 3. The first-order valence-corrected chi connectivity index (χ1v) is 6.81. The highest BCUT2D eigenvalue weighted by Crippen LogP contribution is 2.32. The van der Waals surface area contributed by atoms with Crippen LogP contribution in [0.5, 0.6) is 0 Å². The van der Waals surface area contributed by atoms with Gasteiger partial charge in [0.1, 0.15) is 6.33 Å². The third-order valence-corrected chi connectivity index (χ3v) is 3.66. The summed E-state index contributed by atoms with van der Waals surface area (Å²) in [6.07, 6.45) is 1.57. The molecule has 18 heavy (non-hydrogen) atoms. The zero-order valence-corrected chi connectivity index (χ0v) is 12.2. The van der Waals surface area contributed by atoms with E-state index >= 15 is 0 Å². The fraction of sp³-hybridized carbons (Fsp3) is 0.250. The molecule has 3 rings (SSSR count). The van der Waals surface area contributed by atoms with Gasteiger partial charge in [-0.2, -0.15) is 0 Å². The molecule has 2 heterocycles. The second-order valence-corrected chi connectivity index (χ2v) is 5.98. The molecule has 0 N–H and O–H groups in total. The van der Waals surface area contributed by atoms with Gasteiger partial charge in [-0.1, -0.05) is 22.0 Å². The number of aryl methyl sites for hydroxylation is 1.